The highest BCUT2D eigenvalue weighted by molar-refractivity contribution is 5.79. The molecule has 0 N–H and O–H groups in total. The molecule has 0 heterocycles. The zero-order chi connectivity index (χ0) is 13.7. The van der Waals surface area contributed by atoms with Crippen molar-refractivity contribution in [3.05, 3.63) is 0 Å². The minimum atomic E-state index is 0.462. The van der Waals surface area contributed by atoms with E-state index in [0.717, 1.165) is 37.0 Å². The van der Waals surface area contributed by atoms with Gasteiger partial charge in [0, 0.05) is 20.0 Å². The van der Waals surface area contributed by atoms with E-state index < -0.39 is 0 Å². The van der Waals surface area contributed by atoms with E-state index in [1.54, 1.807) is 0 Å². The first-order valence-electron chi connectivity index (χ1n) is 8.29. The maximum absolute atomic E-state index is 11.5. The number of carbonyl (C=O) groups is 1. The lowest BCUT2D eigenvalue weighted by atomic mass is 9.76. The quantitative estimate of drug-likeness (QED) is 0.640. The van der Waals surface area contributed by atoms with Gasteiger partial charge in [-0.05, 0) is 49.9 Å². The Morgan fingerprint density at radius 3 is 2.84 bits per heavy atom. The lowest BCUT2D eigenvalue weighted by Gasteiger charge is -2.28. The highest BCUT2D eigenvalue weighted by Crippen LogP contribution is 2.46. The molecule has 2 saturated carbocycles. The summed E-state index contributed by atoms with van der Waals surface area (Å²) in [5, 5.41) is 0. The lowest BCUT2D eigenvalue weighted by Crippen LogP contribution is -2.24. The summed E-state index contributed by atoms with van der Waals surface area (Å²) in [6.07, 6.45) is 12.5. The first-order valence-corrected chi connectivity index (χ1v) is 8.29. The van der Waals surface area contributed by atoms with Crippen LogP contribution in [0.15, 0.2) is 0 Å². The van der Waals surface area contributed by atoms with E-state index >= 15 is 0 Å². The first kappa shape index (κ1) is 15.0. The van der Waals surface area contributed by atoms with Crippen molar-refractivity contribution in [3.63, 3.8) is 0 Å². The Morgan fingerprint density at radius 1 is 1.26 bits per heavy atom. The van der Waals surface area contributed by atoms with Crippen molar-refractivity contribution in [1.82, 2.24) is 0 Å². The first-order chi connectivity index (χ1) is 9.24. The monoisotopic (exact) mass is 266 g/mol. The second-order valence-electron chi connectivity index (χ2n) is 6.59. The van der Waals surface area contributed by atoms with E-state index in [2.05, 4.69) is 6.92 Å². The van der Waals surface area contributed by atoms with Crippen molar-refractivity contribution in [2.75, 3.05) is 7.11 Å². The zero-order valence-electron chi connectivity index (χ0n) is 12.7. The third-order valence-corrected chi connectivity index (χ3v) is 5.51. The van der Waals surface area contributed by atoms with Crippen LogP contribution in [0.2, 0.25) is 0 Å². The van der Waals surface area contributed by atoms with Crippen LogP contribution >= 0.6 is 0 Å². The van der Waals surface area contributed by atoms with Gasteiger partial charge in [0.2, 0.25) is 0 Å². The van der Waals surface area contributed by atoms with Crippen LogP contribution in [0.25, 0.3) is 0 Å². The number of rotatable bonds is 7. The van der Waals surface area contributed by atoms with Crippen molar-refractivity contribution >= 4 is 5.78 Å². The molecule has 0 saturated heterocycles. The van der Waals surface area contributed by atoms with Crippen molar-refractivity contribution in [1.29, 1.82) is 0 Å². The number of unbranched alkanes of at least 4 members (excludes halogenated alkanes) is 1. The highest BCUT2D eigenvalue weighted by Gasteiger charge is 2.39. The Kier molecular flexibility index (Phi) is 5.87. The average molecular weight is 266 g/mol. The fraction of sp³-hybridized carbons (Fsp3) is 0.941. The van der Waals surface area contributed by atoms with Gasteiger partial charge >= 0.3 is 0 Å². The molecule has 0 aromatic rings. The largest absolute Gasteiger partial charge is 0.381 e. The van der Waals surface area contributed by atoms with Gasteiger partial charge in [0.15, 0.2) is 0 Å². The van der Waals surface area contributed by atoms with Gasteiger partial charge in [-0.2, -0.15) is 0 Å². The Labute approximate surface area is 118 Å². The molecule has 2 rings (SSSR count). The molecule has 2 aliphatic rings. The van der Waals surface area contributed by atoms with Crippen LogP contribution in [0.1, 0.15) is 71.1 Å². The summed E-state index contributed by atoms with van der Waals surface area (Å²) in [5.74, 6) is 3.06. The van der Waals surface area contributed by atoms with E-state index in [0.29, 0.717) is 11.9 Å². The van der Waals surface area contributed by atoms with Gasteiger partial charge in [0.25, 0.3) is 0 Å². The maximum Gasteiger partial charge on any atom is 0.133 e. The molecule has 0 spiro atoms. The predicted molar refractivity (Wildman–Crippen MR) is 78.1 cm³/mol. The molecule has 0 amide bonds. The van der Waals surface area contributed by atoms with E-state index in [4.69, 9.17) is 4.74 Å². The summed E-state index contributed by atoms with van der Waals surface area (Å²) in [5.41, 5.74) is 0. The second-order valence-corrected chi connectivity index (χ2v) is 6.59. The third-order valence-electron chi connectivity index (χ3n) is 5.51. The molecule has 19 heavy (non-hydrogen) atoms. The Bertz CT molecular complexity index is 283. The lowest BCUT2D eigenvalue weighted by molar-refractivity contribution is -0.122. The van der Waals surface area contributed by atoms with Gasteiger partial charge in [-0.3, -0.25) is 4.79 Å². The van der Waals surface area contributed by atoms with Crippen LogP contribution in [0.3, 0.4) is 0 Å². The topological polar surface area (TPSA) is 26.3 Å². The third kappa shape index (κ3) is 4.05. The summed E-state index contributed by atoms with van der Waals surface area (Å²) in [4.78, 5) is 11.5. The molecular weight excluding hydrogens is 236 g/mol. The molecule has 2 heteroatoms. The Morgan fingerprint density at radius 2 is 2.11 bits per heavy atom. The fourth-order valence-corrected chi connectivity index (χ4v) is 4.31. The SMILES string of the molecule is CCC(CCCCC1CCC2CC(=O)CCC12)OC. The van der Waals surface area contributed by atoms with Crippen molar-refractivity contribution in [2.45, 2.75) is 77.2 Å². The molecule has 2 nitrogen and oxygen atoms in total. The normalized spacial score (nSPS) is 32.3. The number of methoxy groups -OCH3 is 1. The van der Waals surface area contributed by atoms with Crippen LogP contribution in [0.4, 0.5) is 0 Å². The number of Topliss-reactive ketones (excluding diaryl/α,β-unsaturated/α-hetero) is 1. The summed E-state index contributed by atoms with van der Waals surface area (Å²) in [6, 6.07) is 0. The van der Waals surface area contributed by atoms with Crippen molar-refractivity contribution in [2.24, 2.45) is 17.8 Å². The Hall–Kier alpha value is -0.370. The molecule has 4 unspecified atom stereocenters. The van der Waals surface area contributed by atoms with Gasteiger partial charge in [-0.25, -0.2) is 0 Å². The number of ether oxygens (including phenoxy) is 1. The van der Waals surface area contributed by atoms with Gasteiger partial charge in [-0.1, -0.05) is 26.2 Å². The molecule has 0 radical (unpaired) electrons. The predicted octanol–water partition coefficient (Wildman–Crippen LogP) is 4.37. The maximum atomic E-state index is 11.5. The van der Waals surface area contributed by atoms with Gasteiger partial charge in [-0.15, -0.1) is 0 Å². The van der Waals surface area contributed by atoms with Gasteiger partial charge in [0.05, 0.1) is 6.10 Å². The van der Waals surface area contributed by atoms with Crippen LogP contribution < -0.4 is 0 Å². The van der Waals surface area contributed by atoms with E-state index in [1.165, 1.54) is 44.9 Å². The second kappa shape index (κ2) is 7.42. The summed E-state index contributed by atoms with van der Waals surface area (Å²) in [7, 11) is 1.83. The summed E-state index contributed by atoms with van der Waals surface area (Å²) in [6.45, 7) is 2.20. The van der Waals surface area contributed by atoms with Crippen molar-refractivity contribution in [3.8, 4) is 0 Å². The van der Waals surface area contributed by atoms with E-state index in [9.17, 15) is 4.79 Å². The molecule has 4 atom stereocenters. The van der Waals surface area contributed by atoms with Crippen LogP contribution in [0.5, 0.6) is 0 Å². The molecule has 0 aromatic carbocycles. The van der Waals surface area contributed by atoms with E-state index in [-0.39, 0.29) is 0 Å². The number of carbonyl (C=O) groups excluding carboxylic acids is 1. The van der Waals surface area contributed by atoms with Crippen LogP contribution in [-0.2, 0) is 9.53 Å². The number of hydrogen-bond acceptors (Lipinski definition) is 2. The van der Waals surface area contributed by atoms with Crippen molar-refractivity contribution < 1.29 is 9.53 Å². The average Bonchev–Trinajstić information content (AvgIpc) is 2.81. The van der Waals surface area contributed by atoms with E-state index in [1.807, 2.05) is 7.11 Å². The highest BCUT2D eigenvalue weighted by atomic mass is 16.5. The number of hydrogen-bond donors (Lipinski definition) is 0. The molecule has 2 aliphatic carbocycles. The molecule has 0 aliphatic heterocycles. The minimum absolute atomic E-state index is 0.462. The smallest absolute Gasteiger partial charge is 0.133 e. The molecule has 110 valence electrons. The zero-order valence-corrected chi connectivity index (χ0v) is 12.7. The molecule has 0 aromatic heterocycles. The fourth-order valence-electron chi connectivity index (χ4n) is 4.31. The Balaban J connectivity index is 1.65. The van der Waals surface area contributed by atoms with Gasteiger partial charge in [0.1, 0.15) is 5.78 Å². The summed E-state index contributed by atoms with van der Waals surface area (Å²) < 4.78 is 5.43. The standard InChI is InChI=1S/C17H30O2/c1-3-16(19-2)7-5-4-6-13-8-9-14-12-15(18)10-11-17(13)14/h13-14,16-17H,3-12H2,1-2H3. The van der Waals surface area contributed by atoms with Crippen LogP contribution in [-0.4, -0.2) is 19.0 Å². The number of fused-ring (bicyclic) bond motifs is 1. The number of ketones is 1. The molecule has 0 bridgehead atoms. The molecular formula is C17H30O2. The van der Waals surface area contributed by atoms with Gasteiger partial charge < -0.3 is 4.74 Å². The van der Waals surface area contributed by atoms with Crippen LogP contribution in [0, 0.1) is 17.8 Å². The summed E-state index contributed by atoms with van der Waals surface area (Å²) >= 11 is 0. The molecule has 2 fully saturated rings. The minimum Gasteiger partial charge on any atom is -0.381 e.